The van der Waals surface area contributed by atoms with Gasteiger partial charge in [-0.05, 0) is 42.0 Å². The Morgan fingerprint density at radius 2 is 1.65 bits per heavy atom. The fourth-order valence-corrected chi connectivity index (χ4v) is 2.44. The minimum atomic E-state index is -0.609. The van der Waals surface area contributed by atoms with E-state index in [0.29, 0.717) is 16.4 Å². The van der Waals surface area contributed by atoms with Gasteiger partial charge in [0.05, 0.1) is 4.92 Å². The summed E-state index contributed by atoms with van der Waals surface area (Å²) in [6.07, 6.45) is 0. The Labute approximate surface area is 152 Å². The zero-order valence-corrected chi connectivity index (χ0v) is 14.0. The predicted molar refractivity (Wildman–Crippen MR) is 98.6 cm³/mol. The standard InChI is InChI=1S/C18H12ClN3O4/c19-12-3-1-11(2-4-12)16-10-9-15(18(24)21-16)17(23)20-13-5-7-14(8-6-13)22(25)26/h1-10H,(H,20,23)(H,21,24). The summed E-state index contributed by atoms with van der Waals surface area (Å²) in [6, 6.07) is 15.3. The highest BCUT2D eigenvalue weighted by atomic mass is 35.5. The van der Waals surface area contributed by atoms with E-state index in [0.717, 1.165) is 5.56 Å². The van der Waals surface area contributed by atoms with Gasteiger partial charge in [-0.25, -0.2) is 0 Å². The van der Waals surface area contributed by atoms with Crippen molar-refractivity contribution >= 4 is 28.9 Å². The summed E-state index contributed by atoms with van der Waals surface area (Å²) in [7, 11) is 0. The van der Waals surface area contributed by atoms with Crippen molar-refractivity contribution in [2.75, 3.05) is 5.32 Å². The highest BCUT2D eigenvalue weighted by Crippen LogP contribution is 2.19. The van der Waals surface area contributed by atoms with Crippen molar-refractivity contribution in [3.8, 4) is 11.3 Å². The number of halogens is 1. The molecule has 7 nitrogen and oxygen atoms in total. The first-order valence-electron chi connectivity index (χ1n) is 7.49. The van der Waals surface area contributed by atoms with Gasteiger partial charge in [-0.1, -0.05) is 23.7 Å². The van der Waals surface area contributed by atoms with E-state index in [-0.39, 0.29) is 11.3 Å². The van der Waals surface area contributed by atoms with Gasteiger partial charge in [-0.3, -0.25) is 19.7 Å². The van der Waals surface area contributed by atoms with Crippen LogP contribution in [-0.4, -0.2) is 15.8 Å². The van der Waals surface area contributed by atoms with E-state index in [2.05, 4.69) is 10.3 Å². The van der Waals surface area contributed by atoms with Crippen LogP contribution < -0.4 is 10.9 Å². The van der Waals surface area contributed by atoms with E-state index < -0.39 is 16.4 Å². The summed E-state index contributed by atoms with van der Waals surface area (Å²) in [5.41, 5.74) is 0.959. The molecule has 0 radical (unpaired) electrons. The molecule has 2 aromatic carbocycles. The summed E-state index contributed by atoms with van der Waals surface area (Å²) < 4.78 is 0. The van der Waals surface area contributed by atoms with Crippen molar-refractivity contribution < 1.29 is 9.72 Å². The van der Waals surface area contributed by atoms with Crippen molar-refractivity contribution in [2.45, 2.75) is 0 Å². The first-order chi connectivity index (χ1) is 12.4. The third-order valence-electron chi connectivity index (χ3n) is 3.65. The van der Waals surface area contributed by atoms with Crippen LogP contribution in [0.2, 0.25) is 5.02 Å². The van der Waals surface area contributed by atoms with Crippen molar-refractivity contribution in [1.82, 2.24) is 4.98 Å². The van der Waals surface area contributed by atoms with Gasteiger partial charge in [0.1, 0.15) is 5.56 Å². The quantitative estimate of drug-likeness (QED) is 0.538. The van der Waals surface area contributed by atoms with Crippen molar-refractivity contribution in [1.29, 1.82) is 0 Å². The molecule has 0 saturated heterocycles. The molecule has 0 unspecified atom stereocenters. The fourth-order valence-electron chi connectivity index (χ4n) is 2.32. The number of carbonyl (C=O) groups excluding carboxylic acids is 1. The molecular weight excluding hydrogens is 358 g/mol. The Morgan fingerprint density at radius 3 is 2.23 bits per heavy atom. The lowest BCUT2D eigenvalue weighted by Crippen LogP contribution is -2.23. The zero-order chi connectivity index (χ0) is 18.7. The van der Waals surface area contributed by atoms with Gasteiger partial charge >= 0.3 is 0 Å². The predicted octanol–water partition coefficient (Wildman–Crippen LogP) is 3.86. The molecule has 0 bridgehead atoms. The Kier molecular flexibility index (Phi) is 4.81. The highest BCUT2D eigenvalue weighted by Gasteiger charge is 2.13. The molecule has 0 spiro atoms. The normalized spacial score (nSPS) is 10.3. The van der Waals surface area contributed by atoms with Gasteiger partial charge in [-0.15, -0.1) is 0 Å². The molecule has 2 N–H and O–H groups in total. The van der Waals surface area contributed by atoms with Crippen LogP contribution in [0.15, 0.2) is 65.5 Å². The average Bonchev–Trinajstić information content (AvgIpc) is 2.62. The number of nitro groups is 1. The Bertz CT molecular complexity index is 1030. The number of hydrogen-bond acceptors (Lipinski definition) is 4. The number of non-ortho nitro benzene ring substituents is 1. The lowest BCUT2D eigenvalue weighted by atomic mass is 10.1. The number of nitro benzene ring substituents is 1. The van der Waals surface area contributed by atoms with Gasteiger partial charge in [0, 0.05) is 28.5 Å². The lowest BCUT2D eigenvalue weighted by molar-refractivity contribution is -0.384. The number of hydrogen-bond donors (Lipinski definition) is 2. The number of H-pyrrole nitrogens is 1. The Morgan fingerprint density at radius 1 is 1.00 bits per heavy atom. The molecule has 8 heteroatoms. The maximum absolute atomic E-state index is 12.3. The van der Waals surface area contributed by atoms with Crippen LogP contribution in [0.3, 0.4) is 0 Å². The third-order valence-corrected chi connectivity index (χ3v) is 3.90. The number of pyridine rings is 1. The average molecular weight is 370 g/mol. The van der Waals surface area contributed by atoms with Gasteiger partial charge in [-0.2, -0.15) is 0 Å². The van der Waals surface area contributed by atoms with Crippen LogP contribution in [0.1, 0.15) is 10.4 Å². The third kappa shape index (κ3) is 3.79. The first-order valence-corrected chi connectivity index (χ1v) is 7.87. The van der Waals surface area contributed by atoms with Crippen LogP contribution >= 0.6 is 11.6 Å². The molecule has 3 rings (SSSR count). The SMILES string of the molecule is O=C(Nc1ccc([N+](=O)[O-])cc1)c1ccc(-c2ccc(Cl)cc2)[nH]c1=O. The minimum Gasteiger partial charge on any atom is -0.322 e. The second-order valence-corrected chi connectivity index (χ2v) is 5.82. The van der Waals surface area contributed by atoms with Crippen LogP contribution in [0.5, 0.6) is 0 Å². The van der Waals surface area contributed by atoms with E-state index in [4.69, 9.17) is 11.6 Å². The highest BCUT2D eigenvalue weighted by molar-refractivity contribution is 6.30. The number of amides is 1. The van der Waals surface area contributed by atoms with Crippen molar-refractivity contribution in [2.24, 2.45) is 0 Å². The minimum absolute atomic E-state index is 0.0685. The monoisotopic (exact) mass is 369 g/mol. The maximum atomic E-state index is 12.3. The summed E-state index contributed by atoms with van der Waals surface area (Å²) in [5.74, 6) is -0.609. The van der Waals surface area contributed by atoms with E-state index in [1.807, 2.05) is 0 Å². The van der Waals surface area contributed by atoms with E-state index in [9.17, 15) is 19.7 Å². The molecule has 130 valence electrons. The smallest absolute Gasteiger partial charge is 0.269 e. The van der Waals surface area contributed by atoms with Crippen molar-refractivity contribution in [3.05, 3.63) is 91.7 Å². The van der Waals surface area contributed by atoms with Gasteiger partial charge in [0.25, 0.3) is 17.2 Å². The van der Waals surface area contributed by atoms with Crippen LogP contribution in [0.25, 0.3) is 11.3 Å². The Hall–Kier alpha value is -3.45. The molecule has 1 amide bonds. The number of aromatic nitrogens is 1. The van der Waals surface area contributed by atoms with Crippen LogP contribution in [-0.2, 0) is 0 Å². The van der Waals surface area contributed by atoms with Gasteiger partial charge in [0.15, 0.2) is 0 Å². The second kappa shape index (κ2) is 7.20. The first kappa shape index (κ1) is 17.4. The number of aromatic amines is 1. The van der Waals surface area contributed by atoms with E-state index >= 15 is 0 Å². The van der Waals surface area contributed by atoms with Gasteiger partial charge < -0.3 is 10.3 Å². The molecular formula is C18H12ClN3O4. The molecule has 0 aliphatic heterocycles. The number of nitrogens with one attached hydrogen (secondary N) is 2. The van der Waals surface area contributed by atoms with Crippen molar-refractivity contribution in [3.63, 3.8) is 0 Å². The molecule has 3 aromatic rings. The summed E-state index contributed by atoms with van der Waals surface area (Å²) in [5, 5.41) is 13.7. The lowest BCUT2D eigenvalue weighted by Gasteiger charge is -2.06. The summed E-state index contributed by atoms with van der Waals surface area (Å²) >= 11 is 5.84. The summed E-state index contributed by atoms with van der Waals surface area (Å²) in [6.45, 7) is 0. The number of anilines is 1. The Balaban J connectivity index is 1.80. The number of carbonyl (C=O) groups is 1. The molecule has 0 atom stereocenters. The number of benzene rings is 2. The molecule has 1 heterocycles. The maximum Gasteiger partial charge on any atom is 0.269 e. The zero-order valence-electron chi connectivity index (χ0n) is 13.2. The number of nitrogens with zero attached hydrogens (tertiary/aromatic N) is 1. The number of rotatable bonds is 4. The van der Waals surface area contributed by atoms with Gasteiger partial charge in [0.2, 0.25) is 0 Å². The molecule has 0 aliphatic carbocycles. The second-order valence-electron chi connectivity index (χ2n) is 5.38. The molecule has 1 aromatic heterocycles. The van der Waals surface area contributed by atoms with Crippen LogP contribution in [0.4, 0.5) is 11.4 Å². The molecule has 26 heavy (non-hydrogen) atoms. The molecule has 0 saturated carbocycles. The van der Waals surface area contributed by atoms with E-state index in [1.54, 1.807) is 30.3 Å². The summed E-state index contributed by atoms with van der Waals surface area (Å²) in [4.78, 5) is 37.2. The van der Waals surface area contributed by atoms with E-state index in [1.165, 1.54) is 30.3 Å². The largest absolute Gasteiger partial charge is 0.322 e. The van der Waals surface area contributed by atoms with Crippen LogP contribution in [0, 0.1) is 10.1 Å². The molecule has 0 aliphatic rings. The topological polar surface area (TPSA) is 105 Å². The fraction of sp³-hybridized carbons (Fsp3) is 0. The molecule has 0 fully saturated rings.